The lowest BCUT2D eigenvalue weighted by Crippen LogP contribution is -2.29. The number of likely N-dealkylation sites (tertiary alicyclic amines) is 1. The fraction of sp³-hybridized carbons (Fsp3) is 0.238. The van der Waals surface area contributed by atoms with Crippen molar-refractivity contribution in [2.24, 2.45) is 0 Å². The second kappa shape index (κ2) is 6.77. The second-order valence-corrected chi connectivity index (χ2v) is 6.63. The average molecular weight is 348 g/mol. The quantitative estimate of drug-likeness (QED) is 0.786. The molecule has 1 fully saturated rings. The fourth-order valence-electron chi connectivity index (χ4n) is 3.20. The zero-order chi connectivity index (χ0) is 18.1. The monoisotopic (exact) mass is 348 g/mol. The van der Waals surface area contributed by atoms with Crippen molar-refractivity contribution in [2.45, 2.75) is 19.4 Å². The number of hydrogen-bond donors (Lipinski definition) is 1. The van der Waals surface area contributed by atoms with Crippen molar-refractivity contribution >= 4 is 5.91 Å². The Labute approximate surface area is 151 Å². The van der Waals surface area contributed by atoms with Crippen LogP contribution in [-0.4, -0.2) is 40.1 Å². The summed E-state index contributed by atoms with van der Waals surface area (Å²) in [7, 11) is 0. The first-order valence-corrected chi connectivity index (χ1v) is 8.71. The van der Waals surface area contributed by atoms with Crippen LogP contribution in [0.3, 0.4) is 0 Å². The zero-order valence-corrected chi connectivity index (χ0v) is 14.6. The number of β-amino-alcohol motifs (C(OH)–C–C–N with tert-alkyl or cyclic N) is 1. The lowest BCUT2D eigenvalue weighted by Gasteiger charge is -2.16. The SMILES string of the molecule is Cc1ccc(-c2cnc(-c3ccccc3C(=O)N3CC[C@@H](O)C3)o2)cc1. The Hall–Kier alpha value is -2.92. The van der Waals surface area contributed by atoms with Crippen molar-refractivity contribution in [3.8, 4) is 22.8 Å². The molecule has 2 aromatic carbocycles. The summed E-state index contributed by atoms with van der Waals surface area (Å²) in [6, 6.07) is 15.3. The van der Waals surface area contributed by atoms with Crippen LogP contribution in [0.25, 0.3) is 22.8 Å². The van der Waals surface area contributed by atoms with Crippen LogP contribution >= 0.6 is 0 Å². The van der Waals surface area contributed by atoms with Crippen LogP contribution in [0.4, 0.5) is 0 Å². The van der Waals surface area contributed by atoms with E-state index in [0.29, 0.717) is 42.3 Å². The summed E-state index contributed by atoms with van der Waals surface area (Å²) in [5.41, 5.74) is 3.33. The van der Waals surface area contributed by atoms with Gasteiger partial charge in [0.25, 0.3) is 5.91 Å². The van der Waals surface area contributed by atoms with Crippen LogP contribution < -0.4 is 0 Å². The first-order chi connectivity index (χ1) is 12.6. The molecule has 132 valence electrons. The van der Waals surface area contributed by atoms with Crippen molar-refractivity contribution in [1.82, 2.24) is 9.88 Å². The van der Waals surface area contributed by atoms with Crippen LogP contribution in [0.5, 0.6) is 0 Å². The predicted molar refractivity (Wildman–Crippen MR) is 98.6 cm³/mol. The molecule has 3 aromatic rings. The molecule has 0 bridgehead atoms. The van der Waals surface area contributed by atoms with Gasteiger partial charge in [-0.1, -0.05) is 42.0 Å². The first kappa shape index (κ1) is 16.5. The highest BCUT2D eigenvalue weighted by Crippen LogP contribution is 2.29. The maximum absolute atomic E-state index is 12.8. The summed E-state index contributed by atoms with van der Waals surface area (Å²) in [5, 5.41) is 9.71. The number of aliphatic hydroxyl groups is 1. The van der Waals surface area contributed by atoms with E-state index in [-0.39, 0.29) is 5.91 Å². The molecular formula is C21H20N2O3. The lowest BCUT2D eigenvalue weighted by atomic mass is 10.1. The van der Waals surface area contributed by atoms with Crippen LogP contribution in [0.2, 0.25) is 0 Å². The van der Waals surface area contributed by atoms with E-state index in [1.54, 1.807) is 17.2 Å². The van der Waals surface area contributed by atoms with Gasteiger partial charge in [-0.2, -0.15) is 0 Å². The van der Waals surface area contributed by atoms with E-state index >= 15 is 0 Å². The Morgan fingerprint density at radius 3 is 2.69 bits per heavy atom. The number of oxazole rings is 1. The molecule has 26 heavy (non-hydrogen) atoms. The molecular weight excluding hydrogens is 328 g/mol. The van der Waals surface area contributed by atoms with Gasteiger partial charge in [0.2, 0.25) is 5.89 Å². The molecule has 5 heteroatoms. The fourth-order valence-corrected chi connectivity index (χ4v) is 3.20. The number of aromatic nitrogens is 1. The largest absolute Gasteiger partial charge is 0.436 e. The molecule has 0 unspecified atom stereocenters. The van der Waals surface area contributed by atoms with Gasteiger partial charge in [0, 0.05) is 24.2 Å². The van der Waals surface area contributed by atoms with Crippen molar-refractivity contribution < 1.29 is 14.3 Å². The standard InChI is InChI=1S/C21H20N2O3/c1-14-6-8-15(9-7-14)19-12-22-20(26-19)17-4-2-3-5-18(17)21(25)23-11-10-16(24)13-23/h2-9,12,16,24H,10-11,13H2,1H3/t16-/m1/s1. The maximum atomic E-state index is 12.8. The van der Waals surface area contributed by atoms with Crippen molar-refractivity contribution in [3.63, 3.8) is 0 Å². The number of hydrogen-bond acceptors (Lipinski definition) is 4. The molecule has 2 heterocycles. The molecule has 0 saturated carbocycles. The molecule has 1 aromatic heterocycles. The predicted octanol–water partition coefficient (Wildman–Crippen LogP) is 3.52. The minimum atomic E-state index is -0.444. The molecule has 1 aliphatic heterocycles. The van der Waals surface area contributed by atoms with E-state index in [1.807, 2.05) is 49.4 Å². The number of amides is 1. The number of carbonyl (C=O) groups is 1. The van der Waals surface area contributed by atoms with Crippen LogP contribution in [-0.2, 0) is 0 Å². The van der Waals surface area contributed by atoms with Crippen LogP contribution in [0.1, 0.15) is 22.3 Å². The Morgan fingerprint density at radius 1 is 1.19 bits per heavy atom. The first-order valence-electron chi connectivity index (χ1n) is 8.71. The van der Waals surface area contributed by atoms with Gasteiger partial charge in [-0.25, -0.2) is 4.98 Å². The summed E-state index contributed by atoms with van der Waals surface area (Å²) in [6.07, 6.45) is 1.85. The summed E-state index contributed by atoms with van der Waals surface area (Å²) < 4.78 is 5.94. The highest BCUT2D eigenvalue weighted by molar-refractivity contribution is 6.00. The molecule has 1 amide bonds. The molecule has 0 radical (unpaired) electrons. The summed E-state index contributed by atoms with van der Waals surface area (Å²) in [4.78, 5) is 18.9. The van der Waals surface area contributed by atoms with E-state index in [1.165, 1.54) is 5.56 Å². The third-order valence-electron chi connectivity index (χ3n) is 4.68. The van der Waals surface area contributed by atoms with E-state index in [4.69, 9.17) is 4.42 Å². The third-order valence-corrected chi connectivity index (χ3v) is 4.68. The Kier molecular flexibility index (Phi) is 4.31. The number of aryl methyl sites for hydroxylation is 1. The summed E-state index contributed by atoms with van der Waals surface area (Å²) in [5.74, 6) is 0.982. The number of aliphatic hydroxyl groups excluding tert-OH is 1. The maximum Gasteiger partial charge on any atom is 0.254 e. The van der Waals surface area contributed by atoms with Gasteiger partial charge in [0.1, 0.15) is 0 Å². The summed E-state index contributed by atoms with van der Waals surface area (Å²) >= 11 is 0. The molecule has 4 rings (SSSR count). The smallest absolute Gasteiger partial charge is 0.254 e. The average Bonchev–Trinajstić information content (AvgIpc) is 3.31. The van der Waals surface area contributed by atoms with Gasteiger partial charge in [0.15, 0.2) is 5.76 Å². The lowest BCUT2D eigenvalue weighted by molar-refractivity contribution is 0.0765. The molecule has 1 aliphatic rings. The van der Waals surface area contributed by atoms with Gasteiger partial charge in [-0.15, -0.1) is 0 Å². The highest BCUT2D eigenvalue weighted by atomic mass is 16.4. The molecule has 1 N–H and O–H groups in total. The highest BCUT2D eigenvalue weighted by Gasteiger charge is 2.27. The van der Waals surface area contributed by atoms with Crippen LogP contribution in [0, 0.1) is 6.92 Å². The van der Waals surface area contributed by atoms with Gasteiger partial charge < -0.3 is 14.4 Å². The molecule has 1 atom stereocenters. The Balaban J connectivity index is 1.67. The van der Waals surface area contributed by atoms with Gasteiger partial charge >= 0.3 is 0 Å². The number of carbonyl (C=O) groups excluding carboxylic acids is 1. The third kappa shape index (κ3) is 3.13. The van der Waals surface area contributed by atoms with Crippen LogP contribution in [0.15, 0.2) is 59.1 Å². The van der Waals surface area contributed by atoms with E-state index < -0.39 is 6.10 Å². The van der Waals surface area contributed by atoms with E-state index in [2.05, 4.69) is 4.98 Å². The Bertz CT molecular complexity index is 930. The number of benzene rings is 2. The molecule has 0 spiro atoms. The molecule has 0 aliphatic carbocycles. The number of nitrogens with zero attached hydrogens (tertiary/aromatic N) is 2. The van der Waals surface area contributed by atoms with Crippen molar-refractivity contribution in [2.75, 3.05) is 13.1 Å². The van der Waals surface area contributed by atoms with E-state index in [9.17, 15) is 9.90 Å². The van der Waals surface area contributed by atoms with Gasteiger partial charge in [-0.05, 0) is 25.5 Å². The molecule has 1 saturated heterocycles. The second-order valence-electron chi connectivity index (χ2n) is 6.63. The normalized spacial score (nSPS) is 16.8. The topological polar surface area (TPSA) is 66.6 Å². The molecule has 5 nitrogen and oxygen atoms in total. The minimum Gasteiger partial charge on any atom is -0.436 e. The van der Waals surface area contributed by atoms with Crippen molar-refractivity contribution in [3.05, 3.63) is 65.9 Å². The summed E-state index contributed by atoms with van der Waals surface area (Å²) in [6.45, 7) is 2.97. The van der Waals surface area contributed by atoms with Gasteiger partial charge in [-0.3, -0.25) is 4.79 Å². The number of rotatable bonds is 3. The van der Waals surface area contributed by atoms with E-state index in [0.717, 1.165) is 5.56 Å². The Morgan fingerprint density at radius 2 is 1.96 bits per heavy atom. The zero-order valence-electron chi connectivity index (χ0n) is 14.6. The van der Waals surface area contributed by atoms with Crippen molar-refractivity contribution in [1.29, 1.82) is 0 Å². The minimum absolute atomic E-state index is 0.104. The van der Waals surface area contributed by atoms with Gasteiger partial charge in [0.05, 0.1) is 17.9 Å².